The average molecular weight is 401 g/mol. The molecule has 1 unspecified atom stereocenters. The molecule has 1 atom stereocenters. The van der Waals surface area contributed by atoms with E-state index in [-0.39, 0.29) is 17.3 Å². The summed E-state index contributed by atoms with van der Waals surface area (Å²) < 4.78 is 15.0. The van der Waals surface area contributed by atoms with Crippen LogP contribution < -0.4 is 5.32 Å². The number of piperidine rings is 1. The quantitative estimate of drug-likeness (QED) is 0.802. The van der Waals surface area contributed by atoms with Gasteiger partial charge in [-0.15, -0.1) is 0 Å². The molecule has 158 valence electrons. The van der Waals surface area contributed by atoms with E-state index in [0.29, 0.717) is 18.9 Å². The molecule has 0 radical (unpaired) electrons. The molecule has 0 spiro atoms. The smallest absolute Gasteiger partial charge is 0.224 e. The summed E-state index contributed by atoms with van der Waals surface area (Å²) in [6, 6.07) is 6.23. The third-order valence-corrected chi connectivity index (χ3v) is 6.08. The number of rotatable bonds is 6. The molecule has 3 rings (SSSR count). The minimum absolute atomic E-state index is 0.00740. The first-order chi connectivity index (χ1) is 13.7. The largest absolute Gasteiger partial charge is 0.354 e. The molecule has 29 heavy (non-hydrogen) atoms. The van der Waals surface area contributed by atoms with Gasteiger partial charge in [0.15, 0.2) is 0 Å². The maximum atomic E-state index is 13.2. The predicted octanol–water partition coefficient (Wildman–Crippen LogP) is 3.80. The summed E-state index contributed by atoms with van der Waals surface area (Å²) in [5.41, 5.74) is 3.39. The summed E-state index contributed by atoms with van der Waals surface area (Å²) >= 11 is 0. The molecule has 1 saturated heterocycles. The van der Waals surface area contributed by atoms with E-state index in [0.717, 1.165) is 35.7 Å². The summed E-state index contributed by atoms with van der Waals surface area (Å²) in [4.78, 5) is 15.2. The lowest BCUT2D eigenvalue weighted by Gasteiger charge is -2.43. The summed E-state index contributed by atoms with van der Waals surface area (Å²) in [7, 11) is 0. The number of nitrogens with zero attached hydrogens (tertiary/aromatic N) is 3. The second-order valence-electron chi connectivity index (χ2n) is 9.00. The number of carbonyl (C=O) groups is 1. The SMILES string of the molecule is Cc1nn(-c2ccc(F)cc2)c(C)c1CC(=O)NCC(C)(C)N1CCCC(C)C1. The lowest BCUT2D eigenvalue weighted by atomic mass is 9.93. The fourth-order valence-electron chi connectivity index (χ4n) is 4.15. The van der Waals surface area contributed by atoms with Gasteiger partial charge in [0.25, 0.3) is 0 Å². The normalized spacial score (nSPS) is 18.1. The average Bonchev–Trinajstić information content (AvgIpc) is 2.95. The minimum atomic E-state index is -0.277. The van der Waals surface area contributed by atoms with E-state index in [1.807, 2.05) is 13.8 Å². The topological polar surface area (TPSA) is 50.2 Å². The van der Waals surface area contributed by atoms with Gasteiger partial charge >= 0.3 is 0 Å². The van der Waals surface area contributed by atoms with Gasteiger partial charge in [-0.05, 0) is 77.3 Å². The fraction of sp³-hybridized carbons (Fsp3) is 0.565. The third kappa shape index (κ3) is 5.04. The van der Waals surface area contributed by atoms with Gasteiger partial charge in [-0.3, -0.25) is 9.69 Å². The van der Waals surface area contributed by atoms with E-state index in [1.54, 1.807) is 16.8 Å². The molecule has 1 fully saturated rings. The van der Waals surface area contributed by atoms with E-state index in [4.69, 9.17) is 0 Å². The zero-order valence-corrected chi connectivity index (χ0v) is 18.3. The number of hydrogen-bond donors (Lipinski definition) is 1. The number of halogens is 1. The Kier molecular flexibility index (Phi) is 6.42. The molecular formula is C23H33FN4O. The van der Waals surface area contributed by atoms with Crippen molar-refractivity contribution in [1.29, 1.82) is 0 Å². The maximum Gasteiger partial charge on any atom is 0.224 e. The molecule has 1 amide bonds. The van der Waals surface area contributed by atoms with E-state index >= 15 is 0 Å². The molecule has 6 heteroatoms. The number of nitrogens with one attached hydrogen (secondary N) is 1. The van der Waals surface area contributed by atoms with Gasteiger partial charge in [-0.25, -0.2) is 9.07 Å². The number of likely N-dealkylation sites (tertiary alicyclic amines) is 1. The molecule has 1 aliphatic heterocycles. The van der Waals surface area contributed by atoms with Crippen molar-refractivity contribution in [2.45, 2.75) is 59.4 Å². The number of benzene rings is 1. The summed E-state index contributed by atoms with van der Waals surface area (Å²) in [6.45, 7) is 13.4. The molecule has 2 heterocycles. The van der Waals surface area contributed by atoms with Crippen LogP contribution in [0.3, 0.4) is 0 Å². The van der Waals surface area contributed by atoms with E-state index in [1.165, 1.54) is 25.0 Å². The van der Waals surface area contributed by atoms with E-state index in [9.17, 15) is 9.18 Å². The Bertz CT molecular complexity index is 857. The Hall–Kier alpha value is -2.21. The number of hydrogen-bond acceptors (Lipinski definition) is 3. The van der Waals surface area contributed by atoms with Crippen LogP contribution in [0.25, 0.3) is 5.69 Å². The van der Waals surface area contributed by atoms with Crippen molar-refractivity contribution in [2.75, 3.05) is 19.6 Å². The molecule has 5 nitrogen and oxygen atoms in total. The Balaban J connectivity index is 1.64. The highest BCUT2D eigenvalue weighted by Gasteiger charge is 2.30. The van der Waals surface area contributed by atoms with Crippen LogP contribution in [0.5, 0.6) is 0 Å². The van der Waals surface area contributed by atoms with E-state index in [2.05, 4.69) is 36.1 Å². The molecule has 1 N–H and O–H groups in total. The highest BCUT2D eigenvalue weighted by molar-refractivity contribution is 5.79. The van der Waals surface area contributed by atoms with Gasteiger partial charge in [-0.1, -0.05) is 6.92 Å². The van der Waals surface area contributed by atoms with Crippen LogP contribution in [-0.4, -0.2) is 45.8 Å². The van der Waals surface area contributed by atoms with Crippen LogP contribution in [0.15, 0.2) is 24.3 Å². The van der Waals surface area contributed by atoms with E-state index < -0.39 is 0 Å². The number of amides is 1. The summed E-state index contributed by atoms with van der Waals surface area (Å²) in [5, 5.41) is 7.69. The molecule has 0 aliphatic carbocycles. The van der Waals surface area contributed by atoms with Crippen molar-refractivity contribution >= 4 is 5.91 Å². The fourth-order valence-corrected chi connectivity index (χ4v) is 4.15. The lowest BCUT2D eigenvalue weighted by molar-refractivity contribution is -0.121. The molecule has 2 aromatic rings. The van der Waals surface area contributed by atoms with Crippen LogP contribution >= 0.6 is 0 Å². The Morgan fingerprint density at radius 1 is 1.28 bits per heavy atom. The van der Waals surface area contributed by atoms with Crippen molar-refractivity contribution < 1.29 is 9.18 Å². The number of aryl methyl sites for hydroxylation is 1. The number of aromatic nitrogens is 2. The molecule has 1 aromatic heterocycles. The van der Waals surface area contributed by atoms with Crippen LogP contribution in [0.1, 0.15) is 50.6 Å². The van der Waals surface area contributed by atoms with Crippen LogP contribution in [0, 0.1) is 25.6 Å². The summed E-state index contributed by atoms with van der Waals surface area (Å²) in [6.07, 6.45) is 2.81. The monoisotopic (exact) mass is 400 g/mol. The highest BCUT2D eigenvalue weighted by Crippen LogP contribution is 2.23. The minimum Gasteiger partial charge on any atom is -0.354 e. The Morgan fingerprint density at radius 3 is 2.62 bits per heavy atom. The van der Waals surface area contributed by atoms with Crippen LogP contribution in [0.4, 0.5) is 4.39 Å². The Labute approximate surface area is 173 Å². The van der Waals surface area contributed by atoms with Crippen molar-refractivity contribution in [3.05, 3.63) is 47.0 Å². The standard InChI is InChI=1S/C23H33FN4O/c1-16-7-6-12-27(14-16)23(4,5)15-25-22(29)13-21-17(2)26-28(18(21)3)20-10-8-19(24)9-11-20/h8-11,16H,6-7,12-15H2,1-5H3,(H,25,29). The first kappa shape index (κ1) is 21.5. The first-order valence-electron chi connectivity index (χ1n) is 10.5. The van der Waals surface area contributed by atoms with Crippen molar-refractivity contribution in [1.82, 2.24) is 20.0 Å². The molecule has 1 aliphatic rings. The van der Waals surface area contributed by atoms with Crippen LogP contribution in [-0.2, 0) is 11.2 Å². The third-order valence-electron chi connectivity index (χ3n) is 6.08. The molecular weight excluding hydrogens is 367 g/mol. The number of carbonyl (C=O) groups excluding carboxylic acids is 1. The predicted molar refractivity (Wildman–Crippen MR) is 114 cm³/mol. The van der Waals surface area contributed by atoms with Gasteiger partial charge in [0.1, 0.15) is 5.82 Å². The highest BCUT2D eigenvalue weighted by atomic mass is 19.1. The summed E-state index contributed by atoms with van der Waals surface area (Å²) in [5.74, 6) is 0.440. The first-order valence-corrected chi connectivity index (χ1v) is 10.5. The molecule has 0 bridgehead atoms. The molecule has 1 aromatic carbocycles. The van der Waals surface area contributed by atoms with Gasteiger partial charge in [0.2, 0.25) is 5.91 Å². The second kappa shape index (κ2) is 8.66. The molecule has 0 saturated carbocycles. The van der Waals surface area contributed by atoms with Crippen molar-refractivity contribution in [3.63, 3.8) is 0 Å². The second-order valence-corrected chi connectivity index (χ2v) is 9.00. The van der Waals surface area contributed by atoms with Gasteiger partial charge < -0.3 is 5.32 Å². The maximum absolute atomic E-state index is 13.2. The van der Waals surface area contributed by atoms with Crippen LogP contribution in [0.2, 0.25) is 0 Å². The van der Waals surface area contributed by atoms with Crippen molar-refractivity contribution in [3.8, 4) is 5.69 Å². The zero-order chi connectivity index (χ0) is 21.2. The Morgan fingerprint density at radius 2 is 1.97 bits per heavy atom. The van der Waals surface area contributed by atoms with Gasteiger partial charge in [0.05, 0.1) is 17.8 Å². The van der Waals surface area contributed by atoms with Crippen molar-refractivity contribution in [2.24, 2.45) is 5.92 Å². The zero-order valence-electron chi connectivity index (χ0n) is 18.3. The lowest BCUT2D eigenvalue weighted by Crippen LogP contribution is -2.54. The van der Waals surface area contributed by atoms with Gasteiger partial charge in [-0.2, -0.15) is 5.10 Å². The van der Waals surface area contributed by atoms with Gasteiger partial charge in [0, 0.05) is 29.9 Å².